The van der Waals surface area contributed by atoms with Crippen LogP contribution in [0.5, 0.6) is 11.5 Å². The van der Waals surface area contributed by atoms with Gasteiger partial charge in [-0.25, -0.2) is 9.97 Å². The summed E-state index contributed by atoms with van der Waals surface area (Å²) in [6, 6.07) is 15.1. The van der Waals surface area contributed by atoms with Crippen LogP contribution >= 0.6 is 22.6 Å². The quantitative estimate of drug-likeness (QED) is 0.119. The summed E-state index contributed by atoms with van der Waals surface area (Å²) in [6.07, 6.45) is 3.42. The first-order valence-corrected chi connectivity index (χ1v) is 17.5. The number of carbonyl (C=O) groups is 1. The molecule has 0 fully saturated rings. The number of para-hydroxylation sites is 1. The number of hydrogen-bond acceptors (Lipinski definition) is 9. The minimum absolute atomic E-state index is 0.0608. The number of oxazole rings is 2. The first-order valence-electron chi connectivity index (χ1n) is 15.9. The number of nitrogens with zero attached hydrogens (tertiary/aromatic N) is 2. The third-order valence-corrected chi connectivity index (χ3v) is 10.5. The molecule has 1 spiro atoms. The van der Waals surface area contributed by atoms with Gasteiger partial charge >= 0.3 is 0 Å². The molecule has 6 aromatic rings. The van der Waals surface area contributed by atoms with Crippen LogP contribution in [0, 0.1) is 5.92 Å². The molecule has 2 unspecified atom stereocenters. The standard InChI is InChI=1S/C36H29IN6O5/c1-15(2)27-34-42-30-31(48-34)36-20-5-3-4-18(17-7-9-24(45-14-37)29-26(17)19(12-39-29)25-13-40-33(30)46-25)28(20)43-35(36)47-23-8-6-16(10-21(23)36)11-22(38)32(44)41-27/h3-10,12-13,15,22,27,35,39,43H,11,14,38H2,1-2H3,(H,41,44)/t22-,27-,35?,36?/m0/s1. The van der Waals surface area contributed by atoms with E-state index >= 15 is 0 Å². The van der Waals surface area contributed by atoms with Crippen LogP contribution in [0.1, 0.15) is 48.2 Å². The fourth-order valence-electron chi connectivity index (χ4n) is 7.98. The van der Waals surface area contributed by atoms with Crippen LogP contribution in [0.2, 0.25) is 0 Å². The summed E-state index contributed by atoms with van der Waals surface area (Å²) < 4.78 is 26.9. The van der Waals surface area contributed by atoms with Crippen LogP contribution in [0.3, 0.4) is 0 Å². The number of aromatic amines is 1. The Hall–Kier alpha value is -4.82. The predicted molar refractivity (Wildman–Crippen MR) is 186 cm³/mol. The highest BCUT2D eigenvalue weighted by molar-refractivity contribution is 14.1. The van der Waals surface area contributed by atoms with E-state index in [0.717, 1.165) is 55.7 Å². The summed E-state index contributed by atoms with van der Waals surface area (Å²) in [6.45, 7) is 4.03. The van der Waals surface area contributed by atoms with E-state index in [-0.39, 0.29) is 11.8 Å². The molecule has 10 rings (SSSR count). The Labute approximate surface area is 287 Å². The molecule has 4 aliphatic rings. The lowest BCUT2D eigenvalue weighted by molar-refractivity contribution is -0.123. The van der Waals surface area contributed by atoms with Crippen LogP contribution < -0.4 is 25.8 Å². The number of benzene rings is 3. The van der Waals surface area contributed by atoms with Crippen molar-refractivity contribution in [3.05, 3.63) is 89.3 Å². The number of rotatable bonds is 3. The average Bonchev–Trinajstić information content (AvgIpc) is 3.89. The van der Waals surface area contributed by atoms with E-state index in [1.165, 1.54) is 0 Å². The maximum Gasteiger partial charge on any atom is 0.249 e. The second-order valence-electron chi connectivity index (χ2n) is 13.1. The van der Waals surface area contributed by atoms with E-state index < -0.39 is 23.7 Å². The number of aromatic nitrogens is 3. The van der Waals surface area contributed by atoms with Crippen LogP contribution in [0.15, 0.2) is 69.8 Å². The van der Waals surface area contributed by atoms with Gasteiger partial charge in [-0.1, -0.05) is 44.2 Å². The van der Waals surface area contributed by atoms with Gasteiger partial charge in [-0.05, 0) is 64.3 Å². The van der Waals surface area contributed by atoms with Crippen molar-refractivity contribution >= 4 is 45.1 Å². The van der Waals surface area contributed by atoms with Crippen molar-refractivity contribution in [3.8, 4) is 45.5 Å². The van der Waals surface area contributed by atoms with E-state index in [1.54, 1.807) is 6.20 Å². The van der Waals surface area contributed by atoms with Crippen LogP contribution in [0.4, 0.5) is 5.69 Å². The minimum Gasteiger partial charge on any atom is -0.481 e. The number of H-pyrrole nitrogens is 1. The molecule has 0 radical (unpaired) electrons. The smallest absolute Gasteiger partial charge is 0.249 e. The molecule has 7 heterocycles. The maximum atomic E-state index is 13.4. The molecule has 11 nitrogen and oxygen atoms in total. The summed E-state index contributed by atoms with van der Waals surface area (Å²) in [5, 5.41) is 7.86. The zero-order valence-electron chi connectivity index (χ0n) is 25.9. The number of ether oxygens (including phenoxy) is 2. The van der Waals surface area contributed by atoms with Crippen LogP contribution in [-0.4, -0.2) is 37.7 Å². The molecule has 1 amide bonds. The fraction of sp³-hybridized carbons (Fsp3) is 0.250. The highest BCUT2D eigenvalue weighted by atomic mass is 127. The number of halogens is 1. The topological polar surface area (TPSA) is 153 Å². The van der Waals surface area contributed by atoms with Gasteiger partial charge in [0.2, 0.25) is 17.7 Å². The molecule has 0 aliphatic carbocycles. The Kier molecular flexibility index (Phi) is 5.79. The number of hydrogen-bond donors (Lipinski definition) is 4. The van der Waals surface area contributed by atoms with Crippen molar-refractivity contribution in [2.24, 2.45) is 11.7 Å². The molecule has 48 heavy (non-hydrogen) atoms. The Bertz CT molecular complexity index is 2340. The van der Waals surface area contributed by atoms with E-state index in [4.69, 9.17) is 34.0 Å². The summed E-state index contributed by atoms with van der Waals surface area (Å²) in [5.41, 5.74) is 13.4. The Balaban J connectivity index is 1.37. The molecular formula is C36H29IN6O5. The number of nitrogens with two attached hydrogens (primary N) is 1. The maximum absolute atomic E-state index is 13.4. The molecule has 4 aliphatic heterocycles. The van der Waals surface area contributed by atoms with Gasteiger partial charge < -0.3 is 39.7 Å². The van der Waals surface area contributed by atoms with Gasteiger partial charge in [-0.2, -0.15) is 0 Å². The lowest BCUT2D eigenvalue weighted by Gasteiger charge is -2.28. The molecule has 3 aromatic heterocycles. The molecule has 0 saturated heterocycles. The van der Waals surface area contributed by atoms with E-state index in [1.807, 2.05) is 38.2 Å². The van der Waals surface area contributed by atoms with Gasteiger partial charge in [0.1, 0.15) is 27.6 Å². The largest absolute Gasteiger partial charge is 0.481 e. The first kappa shape index (κ1) is 28.2. The highest BCUT2D eigenvalue weighted by Gasteiger charge is 2.61. The van der Waals surface area contributed by atoms with E-state index in [2.05, 4.69) is 68.5 Å². The first-order chi connectivity index (χ1) is 23.4. The number of anilines is 1. The third-order valence-electron chi connectivity index (χ3n) is 10.2. The molecule has 5 N–H and O–H groups in total. The van der Waals surface area contributed by atoms with Crippen molar-refractivity contribution in [1.29, 1.82) is 0 Å². The zero-order chi connectivity index (χ0) is 32.5. The van der Waals surface area contributed by atoms with E-state index in [0.29, 0.717) is 45.8 Å². The molecule has 10 bridgehead atoms. The summed E-state index contributed by atoms with van der Waals surface area (Å²) in [7, 11) is 0. The van der Waals surface area contributed by atoms with Gasteiger partial charge in [0.15, 0.2) is 23.4 Å². The van der Waals surface area contributed by atoms with Crippen molar-refractivity contribution < 1.29 is 23.1 Å². The van der Waals surface area contributed by atoms with Gasteiger partial charge in [0, 0.05) is 39.5 Å². The second-order valence-corrected chi connectivity index (χ2v) is 13.7. The van der Waals surface area contributed by atoms with Gasteiger partial charge in [-0.3, -0.25) is 4.79 Å². The van der Waals surface area contributed by atoms with E-state index in [9.17, 15) is 4.79 Å². The van der Waals surface area contributed by atoms with Gasteiger partial charge in [0.05, 0.1) is 17.8 Å². The van der Waals surface area contributed by atoms with Crippen LogP contribution in [0.25, 0.3) is 44.9 Å². The second kappa shape index (κ2) is 9.86. The SMILES string of the molecule is CC(C)[C@@H]1NC(=O)[C@@H](N)Cc2ccc3c(c2)C24c5cccc(c5NC2O3)-c2ccc(OCI)c3[nH]cc(c23)-c2cnc(o2)-c2nc1oc24. The molecular weight excluding hydrogens is 723 g/mol. The average molecular weight is 753 g/mol. The fourth-order valence-corrected chi connectivity index (χ4v) is 8.32. The number of nitrogens with one attached hydrogen (secondary N) is 3. The summed E-state index contributed by atoms with van der Waals surface area (Å²) in [4.78, 5) is 26.8. The van der Waals surface area contributed by atoms with Crippen molar-refractivity contribution in [2.45, 2.75) is 44.0 Å². The number of alkyl halides is 1. The predicted octanol–water partition coefficient (Wildman–Crippen LogP) is 6.40. The van der Waals surface area contributed by atoms with Crippen LogP contribution in [-0.2, 0) is 16.6 Å². The highest BCUT2D eigenvalue weighted by Crippen LogP contribution is 2.61. The van der Waals surface area contributed by atoms with Crippen molar-refractivity contribution in [2.75, 3.05) is 9.93 Å². The number of carbonyl (C=O) groups excluding carboxylic acids is 1. The molecule has 3 aromatic carbocycles. The Morgan fingerprint density at radius 3 is 2.83 bits per heavy atom. The summed E-state index contributed by atoms with van der Waals surface area (Å²) >= 11 is 2.20. The Morgan fingerprint density at radius 2 is 1.98 bits per heavy atom. The molecule has 4 atom stereocenters. The van der Waals surface area contributed by atoms with Gasteiger partial charge in [-0.15, -0.1) is 0 Å². The zero-order valence-corrected chi connectivity index (χ0v) is 28.0. The lowest BCUT2D eigenvalue weighted by Crippen LogP contribution is -2.45. The summed E-state index contributed by atoms with van der Waals surface area (Å²) in [5.74, 6) is 2.87. The lowest BCUT2D eigenvalue weighted by atomic mass is 9.72. The van der Waals surface area contributed by atoms with Crippen molar-refractivity contribution in [1.82, 2.24) is 20.3 Å². The third kappa shape index (κ3) is 3.58. The normalized spacial score (nSPS) is 22.8. The molecule has 240 valence electrons. The molecule has 12 heteroatoms. The van der Waals surface area contributed by atoms with Crippen molar-refractivity contribution in [3.63, 3.8) is 0 Å². The monoisotopic (exact) mass is 752 g/mol. The molecule has 0 saturated carbocycles. The number of amides is 1. The minimum atomic E-state index is -0.982. The number of fused-ring (bicyclic) bond motifs is 7. The Morgan fingerprint density at radius 1 is 1.08 bits per heavy atom. The van der Waals surface area contributed by atoms with Gasteiger partial charge in [0.25, 0.3) is 0 Å².